The molecule has 9 N–H and O–H groups in total. The second kappa shape index (κ2) is 16.3. The van der Waals surface area contributed by atoms with Crippen LogP contribution in [-0.4, -0.2) is 76.3 Å². The zero-order chi connectivity index (χ0) is 25.6. The SMILES string of the molecule is CC(C)CC(NC(=O)C(N)CS)C(=O)NC(CCCCN)C(=O)NC(CCC(=O)O)C(=O)O. The third-order valence-corrected chi connectivity index (χ3v) is 5.11. The van der Waals surface area contributed by atoms with E-state index in [0.29, 0.717) is 19.4 Å². The van der Waals surface area contributed by atoms with E-state index in [2.05, 4.69) is 28.6 Å². The lowest BCUT2D eigenvalue weighted by atomic mass is 10.0. The normalized spacial score (nSPS) is 14.6. The summed E-state index contributed by atoms with van der Waals surface area (Å²) in [6, 6.07) is -4.40. The van der Waals surface area contributed by atoms with Crippen molar-refractivity contribution in [3.63, 3.8) is 0 Å². The molecule has 0 bridgehead atoms. The number of carbonyl (C=O) groups excluding carboxylic acids is 3. The van der Waals surface area contributed by atoms with Crippen LogP contribution in [0.25, 0.3) is 0 Å². The van der Waals surface area contributed by atoms with Gasteiger partial charge in [0.05, 0.1) is 6.04 Å². The zero-order valence-electron chi connectivity index (χ0n) is 19.1. The Morgan fingerprint density at radius 2 is 1.39 bits per heavy atom. The predicted molar refractivity (Wildman–Crippen MR) is 124 cm³/mol. The van der Waals surface area contributed by atoms with E-state index >= 15 is 0 Å². The van der Waals surface area contributed by atoms with Crippen LogP contribution in [0.3, 0.4) is 0 Å². The maximum atomic E-state index is 12.9. The van der Waals surface area contributed by atoms with Crippen LogP contribution >= 0.6 is 12.6 Å². The second-order valence-electron chi connectivity index (χ2n) is 8.16. The lowest BCUT2D eigenvalue weighted by Crippen LogP contribution is -2.57. The maximum Gasteiger partial charge on any atom is 0.326 e. The predicted octanol–water partition coefficient (Wildman–Crippen LogP) is -1.18. The minimum atomic E-state index is -1.43. The highest BCUT2D eigenvalue weighted by Crippen LogP contribution is 2.09. The van der Waals surface area contributed by atoms with Crippen molar-refractivity contribution in [2.45, 2.75) is 76.5 Å². The first-order chi connectivity index (χ1) is 15.4. The monoisotopic (exact) mass is 491 g/mol. The third kappa shape index (κ3) is 13.0. The van der Waals surface area contributed by atoms with Crippen LogP contribution in [0.5, 0.6) is 0 Å². The number of rotatable bonds is 17. The summed E-state index contributed by atoms with van der Waals surface area (Å²) in [5.41, 5.74) is 11.2. The molecule has 0 fully saturated rings. The quantitative estimate of drug-likeness (QED) is 0.0906. The van der Waals surface area contributed by atoms with E-state index in [-0.39, 0.29) is 30.9 Å². The van der Waals surface area contributed by atoms with E-state index in [4.69, 9.17) is 16.6 Å². The number of carboxylic acid groups (broad SMARTS) is 2. The van der Waals surface area contributed by atoms with Crippen LogP contribution in [0.4, 0.5) is 0 Å². The standard InChI is InChI=1S/C20H37N5O7S/c1-11(2)9-15(25-17(28)12(22)10-33)19(30)23-13(5-3-4-8-21)18(29)24-14(20(31)32)6-7-16(26)27/h11-15,33H,3-10,21-22H2,1-2H3,(H,23,30)(H,24,29)(H,25,28)(H,26,27)(H,31,32). The second-order valence-corrected chi connectivity index (χ2v) is 8.52. The van der Waals surface area contributed by atoms with Crippen molar-refractivity contribution in [2.75, 3.05) is 12.3 Å². The van der Waals surface area contributed by atoms with Crippen LogP contribution in [0.15, 0.2) is 0 Å². The van der Waals surface area contributed by atoms with Crippen molar-refractivity contribution >= 4 is 42.3 Å². The van der Waals surface area contributed by atoms with Gasteiger partial charge in [-0.2, -0.15) is 12.6 Å². The number of hydrogen-bond acceptors (Lipinski definition) is 8. The molecule has 0 aliphatic heterocycles. The summed E-state index contributed by atoms with van der Waals surface area (Å²) in [5, 5.41) is 25.5. The van der Waals surface area contributed by atoms with Gasteiger partial charge in [0.2, 0.25) is 17.7 Å². The summed E-state index contributed by atoms with van der Waals surface area (Å²) in [7, 11) is 0. The Hall–Kier alpha value is -2.38. The number of carbonyl (C=O) groups is 5. The summed E-state index contributed by atoms with van der Waals surface area (Å²) in [6.07, 6.45) is 0.753. The van der Waals surface area contributed by atoms with Crippen molar-refractivity contribution in [1.29, 1.82) is 0 Å². The van der Waals surface area contributed by atoms with Gasteiger partial charge < -0.3 is 37.6 Å². The third-order valence-electron chi connectivity index (χ3n) is 4.71. The Morgan fingerprint density at radius 3 is 1.88 bits per heavy atom. The van der Waals surface area contributed by atoms with Crippen molar-refractivity contribution < 1.29 is 34.2 Å². The summed E-state index contributed by atoms with van der Waals surface area (Å²) < 4.78 is 0. The Morgan fingerprint density at radius 1 is 0.848 bits per heavy atom. The molecule has 33 heavy (non-hydrogen) atoms. The Balaban J connectivity index is 5.47. The van der Waals surface area contributed by atoms with Crippen LogP contribution in [-0.2, 0) is 24.0 Å². The number of hydrogen-bond donors (Lipinski definition) is 8. The van der Waals surface area contributed by atoms with Crippen molar-refractivity contribution in [2.24, 2.45) is 17.4 Å². The molecule has 0 saturated carbocycles. The largest absolute Gasteiger partial charge is 0.481 e. The molecule has 13 heteroatoms. The molecule has 4 unspecified atom stereocenters. The first-order valence-electron chi connectivity index (χ1n) is 10.8. The number of carboxylic acids is 2. The highest BCUT2D eigenvalue weighted by atomic mass is 32.1. The van der Waals surface area contributed by atoms with Gasteiger partial charge in [0, 0.05) is 12.2 Å². The van der Waals surface area contributed by atoms with Gasteiger partial charge in [-0.25, -0.2) is 4.79 Å². The van der Waals surface area contributed by atoms with Crippen molar-refractivity contribution in [3.8, 4) is 0 Å². The number of nitrogens with two attached hydrogens (primary N) is 2. The molecule has 0 radical (unpaired) electrons. The minimum absolute atomic E-state index is 0.0326. The van der Waals surface area contributed by atoms with Gasteiger partial charge >= 0.3 is 11.9 Å². The average Bonchev–Trinajstić information content (AvgIpc) is 2.73. The summed E-state index contributed by atoms with van der Waals surface area (Å²) in [6.45, 7) is 4.08. The molecule has 0 spiro atoms. The highest BCUT2D eigenvalue weighted by Gasteiger charge is 2.30. The molecular formula is C20H37N5O7S. The molecular weight excluding hydrogens is 454 g/mol. The van der Waals surface area contributed by atoms with Gasteiger partial charge in [-0.05, 0) is 44.6 Å². The molecule has 4 atom stereocenters. The first-order valence-corrected chi connectivity index (χ1v) is 11.5. The van der Waals surface area contributed by atoms with E-state index in [1.165, 1.54) is 0 Å². The Kier molecular flexibility index (Phi) is 15.1. The Bertz CT molecular complexity index is 677. The molecule has 0 aromatic carbocycles. The fourth-order valence-electron chi connectivity index (χ4n) is 2.90. The van der Waals surface area contributed by atoms with E-state index in [1.807, 2.05) is 13.8 Å². The average molecular weight is 492 g/mol. The van der Waals surface area contributed by atoms with Gasteiger partial charge in [-0.3, -0.25) is 19.2 Å². The molecule has 0 aliphatic carbocycles. The highest BCUT2D eigenvalue weighted by molar-refractivity contribution is 7.80. The lowest BCUT2D eigenvalue weighted by Gasteiger charge is -2.26. The smallest absolute Gasteiger partial charge is 0.326 e. The number of unbranched alkanes of at least 4 members (excludes halogenated alkanes) is 1. The van der Waals surface area contributed by atoms with Crippen molar-refractivity contribution in [3.05, 3.63) is 0 Å². The first kappa shape index (κ1) is 30.6. The maximum absolute atomic E-state index is 12.9. The fourth-order valence-corrected chi connectivity index (χ4v) is 3.06. The number of thiol groups is 1. The summed E-state index contributed by atoms with van der Waals surface area (Å²) >= 11 is 3.97. The van der Waals surface area contributed by atoms with Gasteiger partial charge in [0.15, 0.2) is 0 Å². The van der Waals surface area contributed by atoms with E-state index < -0.39 is 60.2 Å². The molecule has 0 rings (SSSR count). The van der Waals surface area contributed by atoms with Crippen LogP contribution in [0, 0.1) is 5.92 Å². The van der Waals surface area contributed by atoms with Crippen LogP contribution in [0.2, 0.25) is 0 Å². The molecule has 0 aliphatic rings. The van der Waals surface area contributed by atoms with Gasteiger partial charge in [-0.15, -0.1) is 0 Å². The lowest BCUT2D eigenvalue weighted by molar-refractivity contribution is -0.143. The van der Waals surface area contributed by atoms with E-state index in [0.717, 1.165) is 0 Å². The van der Waals surface area contributed by atoms with E-state index in [9.17, 15) is 29.1 Å². The molecule has 0 aromatic rings. The van der Waals surface area contributed by atoms with Gasteiger partial charge in [0.25, 0.3) is 0 Å². The zero-order valence-corrected chi connectivity index (χ0v) is 20.0. The molecule has 0 aromatic heterocycles. The molecule has 190 valence electrons. The van der Waals surface area contributed by atoms with E-state index in [1.54, 1.807) is 0 Å². The Labute approximate surface area is 199 Å². The number of amides is 3. The van der Waals surface area contributed by atoms with Gasteiger partial charge in [-0.1, -0.05) is 13.8 Å². The molecule has 12 nitrogen and oxygen atoms in total. The fraction of sp³-hybridized carbons (Fsp3) is 0.750. The topological polar surface area (TPSA) is 214 Å². The van der Waals surface area contributed by atoms with Gasteiger partial charge in [0.1, 0.15) is 18.1 Å². The molecule has 3 amide bonds. The summed E-state index contributed by atoms with van der Waals surface area (Å²) in [5.74, 6) is -4.41. The molecule has 0 heterocycles. The summed E-state index contributed by atoms with van der Waals surface area (Å²) in [4.78, 5) is 60.1. The van der Waals surface area contributed by atoms with Crippen molar-refractivity contribution in [1.82, 2.24) is 16.0 Å². The van der Waals surface area contributed by atoms with Crippen LogP contribution < -0.4 is 27.4 Å². The minimum Gasteiger partial charge on any atom is -0.481 e. The van der Waals surface area contributed by atoms with Crippen LogP contribution in [0.1, 0.15) is 52.4 Å². The number of nitrogens with one attached hydrogen (secondary N) is 3. The number of aliphatic carboxylic acids is 2. The molecule has 0 saturated heterocycles.